The SMILES string of the molecule is CC(C)Cc1ccc(-c2nnc(-c3ccccc3)o2)cc1. The van der Waals surface area contributed by atoms with Crippen LogP contribution in [0.3, 0.4) is 0 Å². The predicted octanol–water partition coefficient (Wildman–Crippen LogP) is 4.60. The van der Waals surface area contributed by atoms with Gasteiger partial charge < -0.3 is 4.42 Å². The second kappa shape index (κ2) is 5.92. The zero-order chi connectivity index (χ0) is 14.7. The van der Waals surface area contributed by atoms with Gasteiger partial charge in [0.2, 0.25) is 11.8 Å². The maximum absolute atomic E-state index is 5.75. The molecule has 3 heteroatoms. The highest BCUT2D eigenvalue weighted by Crippen LogP contribution is 2.24. The first-order valence-electron chi connectivity index (χ1n) is 7.20. The van der Waals surface area contributed by atoms with Crippen LogP contribution in [0.15, 0.2) is 59.0 Å². The summed E-state index contributed by atoms with van der Waals surface area (Å²) in [6.07, 6.45) is 1.08. The average molecular weight is 278 g/mol. The Kier molecular flexibility index (Phi) is 3.82. The highest BCUT2D eigenvalue weighted by Gasteiger charge is 2.10. The monoisotopic (exact) mass is 278 g/mol. The van der Waals surface area contributed by atoms with Gasteiger partial charge in [-0.15, -0.1) is 10.2 Å². The maximum Gasteiger partial charge on any atom is 0.248 e. The molecule has 0 amide bonds. The lowest BCUT2D eigenvalue weighted by molar-refractivity contribution is 0.584. The molecule has 3 rings (SSSR count). The summed E-state index contributed by atoms with van der Waals surface area (Å²) in [5.41, 5.74) is 3.22. The first-order valence-corrected chi connectivity index (χ1v) is 7.20. The van der Waals surface area contributed by atoms with E-state index in [1.54, 1.807) is 0 Å². The quantitative estimate of drug-likeness (QED) is 0.700. The lowest BCUT2D eigenvalue weighted by atomic mass is 10.0. The van der Waals surface area contributed by atoms with Crippen molar-refractivity contribution in [3.8, 4) is 22.9 Å². The Morgan fingerprint density at radius 1 is 0.810 bits per heavy atom. The highest BCUT2D eigenvalue weighted by atomic mass is 16.4. The van der Waals surface area contributed by atoms with Crippen molar-refractivity contribution in [2.45, 2.75) is 20.3 Å². The van der Waals surface area contributed by atoms with Crippen molar-refractivity contribution >= 4 is 0 Å². The van der Waals surface area contributed by atoms with E-state index in [2.05, 4.69) is 36.2 Å². The van der Waals surface area contributed by atoms with Crippen molar-refractivity contribution in [3.63, 3.8) is 0 Å². The van der Waals surface area contributed by atoms with Gasteiger partial charge in [-0.05, 0) is 42.2 Å². The molecule has 0 spiro atoms. The molecule has 0 fully saturated rings. The van der Waals surface area contributed by atoms with E-state index in [4.69, 9.17) is 4.42 Å². The van der Waals surface area contributed by atoms with E-state index in [1.165, 1.54) is 5.56 Å². The minimum atomic E-state index is 0.553. The van der Waals surface area contributed by atoms with Crippen LogP contribution in [-0.4, -0.2) is 10.2 Å². The van der Waals surface area contributed by atoms with Gasteiger partial charge in [0.05, 0.1) is 0 Å². The zero-order valence-electron chi connectivity index (χ0n) is 12.3. The Morgan fingerprint density at radius 2 is 1.38 bits per heavy atom. The lowest BCUT2D eigenvalue weighted by Gasteiger charge is -2.04. The van der Waals surface area contributed by atoms with Gasteiger partial charge >= 0.3 is 0 Å². The molecule has 2 aromatic carbocycles. The molecule has 0 radical (unpaired) electrons. The van der Waals surface area contributed by atoms with Crippen LogP contribution < -0.4 is 0 Å². The van der Waals surface area contributed by atoms with Gasteiger partial charge in [0.25, 0.3) is 0 Å². The van der Waals surface area contributed by atoms with E-state index in [0.29, 0.717) is 17.7 Å². The minimum Gasteiger partial charge on any atom is -0.416 e. The fourth-order valence-electron chi connectivity index (χ4n) is 2.29. The number of hydrogen-bond donors (Lipinski definition) is 0. The first-order chi connectivity index (χ1) is 10.2. The zero-order valence-corrected chi connectivity index (χ0v) is 12.3. The van der Waals surface area contributed by atoms with Crippen LogP contribution in [-0.2, 0) is 6.42 Å². The van der Waals surface area contributed by atoms with Gasteiger partial charge in [-0.25, -0.2) is 0 Å². The fraction of sp³-hybridized carbons (Fsp3) is 0.222. The third-order valence-electron chi connectivity index (χ3n) is 3.29. The molecular formula is C18H18N2O. The third kappa shape index (κ3) is 3.19. The van der Waals surface area contributed by atoms with E-state index in [-0.39, 0.29) is 0 Å². The van der Waals surface area contributed by atoms with E-state index >= 15 is 0 Å². The van der Waals surface area contributed by atoms with Crippen molar-refractivity contribution < 1.29 is 4.42 Å². The summed E-state index contributed by atoms with van der Waals surface area (Å²) in [4.78, 5) is 0. The van der Waals surface area contributed by atoms with Crippen molar-refractivity contribution in [3.05, 3.63) is 60.2 Å². The Hall–Kier alpha value is -2.42. The number of nitrogens with zero attached hydrogens (tertiary/aromatic N) is 2. The van der Waals surface area contributed by atoms with Gasteiger partial charge in [-0.2, -0.15) is 0 Å². The Labute approximate surface area is 124 Å². The molecule has 0 saturated heterocycles. The van der Waals surface area contributed by atoms with Crippen molar-refractivity contribution in [1.29, 1.82) is 0 Å². The summed E-state index contributed by atoms with van der Waals surface area (Å²) in [6.45, 7) is 4.44. The standard InChI is InChI=1S/C18H18N2O/c1-13(2)12-14-8-10-16(11-9-14)18-20-19-17(21-18)15-6-4-3-5-7-15/h3-11,13H,12H2,1-2H3. The first kappa shape index (κ1) is 13.6. The second-order valence-electron chi connectivity index (χ2n) is 5.57. The third-order valence-corrected chi connectivity index (χ3v) is 3.29. The summed E-state index contributed by atoms with van der Waals surface area (Å²) in [7, 11) is 0. The van der Waals surface area contributed by atoms with E-state index in [1.807, 2.05) is 42.5 Å². The van der Waals surface area contributed by atoms with Crippen LogP contribution in [0.1, 0.15) is 19.4 Å². The number of benzene rings is 2. The molecule has 0 N–H and O–H groups in total. The van der Waals surface area contributed by atoms with Gasteiger partial charge in [0.1, 0.15) is 0 Å². The van der Waals surface area contributed by atoms with Gasteiger partial charge in [-0.3, -0.25) is 0 Å². The molecule has 0 aliphatic rings. The van der Waals surface area contributed by atoms with E-state index < -0.39 is 0 Å². The predicted molar refractivity (Wildman–Crippen MR) is 83.7 cm³/mol. The molecular weight excluding hydrogens is 260 g/mol. The molecule has 0 atom stereocenters. The van der Waals surface area contributed by atoms with E-state index in [9.17, 15) is 0 Å². The summed E-state index contributed by atoms with van der Waals surface area (Å²) >= 11 is 0. The number of rotatable bonds is 4. The molecule has 0 saturated carbocycles. The molecule has 3 aromatic rings. The molecule has 106 valence electrons. The topological polar surface area (TPSA) is 38.9 Å². The number of hydrogen-bond acceptors (Lipinski definition) is 3. The molecule has 1 heterocycles. The fourth-order valence-corrected chi connectivity index (χ4v) is 2.29. The van der Waals surface area contributed by atoms with Crippen LogP contribution >= 0.6 is 0 Å². The Balaban J connectivity index is 1.83. The van der Waals surface area contributed by atoms with Crippen LogP contribution in [0.25, 0.3) is 22.9 Å². The smallest absolute Gasteiger partial charge is 0.248 e. The van der Waals surface area contributed by atoms with Crippen LogP contribution in [0, 0.1) is 5.92 Å². The molecule has 21 heavy (non-hydrogen) atoms. The Morgan fingerprint density at radius 3 is 1.95 bits per heavy atom. The Bertz CT molecular complexity index is 700. The second-order valence-corrected chi connectivity index (χ2v) is 5.57. The summed E-state index contributed by atoms with van der Waals surface area (Å²) < 4.78 is 5.75. The molecule has 0 aliphatic heterocycles. The van der Waals surface area contributed by atoms with Gasteiger partial charge in [0.15, 0.2) is 0 Å². The average Bonchev–Trinajstić information content (AvgIpc) is 2.98. The number of aromatic nitrogens is 2. The van der Waals surface area contributed by atoms with Crippen LogP contribution in [0.4, 0.5) is 0 Å². The van der Waals surface area contributed by atoms with Gasteiger partial charge in [-0.1, -0.05) is 44.2 Å². The van der Waals surface area contributed by atoms with Crippen LogP contribution in [0.2, 0.25) is 0 Å². The largest absolute Gasteiger partial charge is 0.416 e. The van der Waals surface area contributed by atoms with Crippen molar-refractivity contribution in [2.24, 2.45) is 5.92 Å². The van der Waals surface area contributed by atoms with Gasteiger partial charge in [0, 0.05) is 11.1 Å². The molecule has 0 bridgehead atoms. The summed E-state index contributed by atoms with van der Waals surface area (Å²) in [5, 5.41) is 8.25. The van der Waals surface area contributed by atoms with Crippen molar-refractivity contribution in [1.82, 2.24) is 10.2 Å². The summed E-state index contributed by atoms with van der Waals surface area (Å²) in [5.74, 6) is 1.77. The molecule has 0 aliphatic carbocycles. The van der Waals surface area contributed by atoms with Crippen LogP contribution in [0.5, 0.6) is 0 Å². The summed E-state index contributed by atoms with van der Waals surface area (Å²) in [6, 6.07) is 18.1. The van der Waals surface area contributed by atoms with Crippen molar-refractivity contribution in [2.75, 3.05) is 0 Å². The normalized spacial score (nSPS) is 11.0. The van der Waals surface area contributed by atoms with E-state index in [0.717, 1.165) is 17.5 Å². The molecule has 0 unspecified atom stereocenters. The maximum atomic E-state index is 5.75. The minimum absolute atomic E-state index is 0.553. The highest BCUT2D eigenvalue weighted by molar-refractivity contribution is 5.57. The molecule has 1 aromatic heterocycles. The lowest BCUT2D eigenvalue weighted by Crippen LogP contribution is -1.93. The molecule has 3 nitrogen and oxygen atoms in total.